The Bertz CT molecular complexity index is 2150. The molecule has 2 aliphatic heterocycles. The van der Waals surface area contributed by atoms with Gasteiger partial charge in [-0.1, -0.05) is 23.7 Å². The van der Waals surface area contributed by atoms with Gasteiger partial charge in [0, 0.05) is 46.1 Å². The third kappa shape index (κ3) is 6.27. The summed E-state index contributed by atoms with van der Waals surface area (Å²) in [6, 6.07) is 15.9. The van der Waals surface area contributed by atoms with Crippen molar-refractivity contribution in [2.75, 3.05) is 24.6 Å². The Morgan fingerprint density at radius 1 is 1.06 bits per heavy atom. The quantitative estimate of drug-likeness (QED) is 0.186. The third-order valence-corrected chi connectivity index (χ3v) is 12.6. The number of thiazole rings is 1. The fourth-order valence-electron chi connectivity index (χ4n) is 7.18. The largest absolute Gasteiger partial charge is 0.479 e. The number of aromatic nitrogens is 3. The number of aryl methyl sites for hydroxylation is 2. The minimum Gasteiger partial charge on any atom is -0.479 e. The van der Waals surface area contributed by atoms with Crippen molar-refractivity contribution in [3.63, 3.8) is 0 Å². The zero-order valence-corrected chi connectivity index (χ0v) is 30.0. The van der Waals surface area contributed by atoms with E-state index >= 15 is 0 Å². The van der Waals surface area contributed by atoms with Gasteiger partial charge < -0.3 is 9.84 Å². The van der Waals surface area contributed by atoms with E-state index in [2.05, 4.69) is 23.1 Å². The summed E-state index contributed by atoms with van der Waals surface area (Å²) >= 11 is 7.81. The second-order valence-corrected chi connectivity index (χ2v) is 17.7. The molecule has 3 aromatic carbocycles. The van der Waals surface area contributed by atoms with Crippen molar-refractivity contribution >= 4 is 59.9 Å². The number of hydrogen-bond acceptors (Lipinski definition) is 8. The van der Waals surface area contributed by atoms with Crippen LogP contribution in [0.4, 0.5) is 0 Å². The van der Waals surface area contributed by atoms with Gasteiger partial charge in [0.1, 0.15) is 5.01 Å². The number of halogens is 1. The van der Waals surface area contributed by atoms with Crippen LogP contribution < -0.4 is 0 Å². The summed E-state index contributed by atoms with van der Waals surface area (Å²) in [5.41, 5.74) is 6.22. The Morgan fingerprint density at radius 2 is 1.73 bits per heavy atom. The fourth-order valence-corrected chi connectivity index (χ4v) is 9.92. The zero-order valence-electron chi connectivity index (χ0n) is 27.7. The van der Waals surface area contributed by atoms with Gasteiger partial charge in [-0.05, 0) is 101 Å². The molecular formula is C36H39ClN4O5S2. The van der Waals surface area contributed by atoms with Crippen LogP contribution in [0.2, 0.25) is 5.02 Å². The van der Waals surface area contributed by atoms with Crippen LogP contribution in [0.3, 0.4) is 0 Å². The SMILES string of the molecule is Cc1cc2nc(-c3ccc4c(c3)c(C3CCN(C5CS(=O)(=O)C5)CC3)nn4C)sc2c(-c2ccc(Cl)cc2)c1[C@H](OC(C)(C)C)C(=O)O. The van der Waals surface area contributed by atoms with E-state index in [1.54, 1.807) is 0 Å². The van der Waals surface area contributed by atoms with Gasteiger partial charge in [0.15, 0.2) is 15.9 Å². The Morgan fingerprint density at radius 3 is 2.35 bits per heavy atom. The molecule has 0 saturated carbocycles. The van der Waals surface area contributed by atoms with Crippen LogP contribution in [0.15, 0.2) is 48.5 Å². The summed E-state index contributed by atoms with van der Waals surface area (Å²) in [5, 5.41) is 17.9. The number of carboxylic acids is 1. The van der Waals surface area contributed by atoms with Crippen LogP contribution >= 0.6 is 22.9 Å². The highest BCUT2D eigenvalue weighted by molar-refractivity contribution is 7.92. The summed E-state index contributed by atoms with van der Waals surface area (Å²) < 4.78 is 32.5. The first-order valence-corrected chi connectivity index (χ1v) is 19.2. The first-order chi connectivity index (χ1) is 22.7. The van der Waals surface area contributed by atoms with Crippen LogP contribution in [0, 0.1) is 6.92 Å². The van der Waals surface area contributed by atoms with E-state index in [1.807, 2.05) is 69.8 Å². The van der Waals surface area contributed by atoms with Crippen molar-refractivity contribution in [1.29, 1.82) is 0 Å². The number of sulfone groups is 1. The summed E-state index contributed by atoms with van der Waals surface area (Å²) in [4.78, 5) is 20.1. The lowest BCUT2D eigenvalue weighted by molar-refractivity contribution is -0.160. The Labute approximate surface area is 289 Å². The molecule has 252 valence electrons. The number of benzene rings is 3. The van der Waals surface area contributed by atoms with Gasteiger partial charge in [0.2, 0.25) is 0 Å². The standard InChI is InChI=1S/C36H39ClN4O5S2/c1-20-16-27-33(30(21-6-9-24(37)10-7-21)29(20)32(35(42)43)46-36(2,3)4)47-34(38-27)23-8-11-28-26(17-23)31(39-40(28)5)22-12-14-41(15-13-22)25-18-48(44,45)19-25/h6-11,16-17,22,25,32H,12-15,18-19H2,1-5H3,(H,42,43)/t32-/m0/s1. The lowest BCUT2D eigenvalue weighted by Gasteiger charge is -2.41. The molecule has 2 aromatic heterocycles. The maximum atomic E-state index is 12.7. The van der Waals surface area contributed by atoms with Crippen molar-refractivity contribution in [2.45, 2.75) is 64.2 Å². The van der Waals surface area contributed by atoms with Crippen LogP contribution in [0.1, 0.15) is 62.5 Å². The van der Waals surface area contributed by atoms with Crippen molar-refractivity contribution in [3.8, 4) is 21.7 Å². The minimum atomic E-state index is -2.85. The fraction of sp³-hybridized carbons (Fsp3) is 0.417. The molecule has 4 heterocycles. The molecule has 0 aliphatic carbocycles. The zero-order chi connectivity index (χ0) is 34.1. The normalized spacial score (nSPS) is 18.4. The molecule has 1 atom stereocenters. The van der Waals surface area contributed by atoms with E-state index < -0.39 is 27.5 Å². The van der Waals surface area contributed by atoms with Gasteiger partial charge in [-0.3, -0.25) is 9.58 Å². The van der Waals surface area contributed by atoms with Crippen LogP contribution in [-0.4, -0.2) is 75.4 Å². The number of fused-ring (bicyclic) bond motifs is 2. The van der Waals surface area contributed by atoms with Crippen LogP contribution in [-0.2, 0) is 26.4 Å². The number of aliphatic carboxylic acids is 1. The lowest BCUT2D eigenvalue weighted by Crippen LogP contribution is -2.55. The maximum absolute atomic E-state index is 12.7. The van der Waals surface area contributed by atoms with Gasteiger partial charge in [-0.2, -0.15) is 5.10 Å². The van der Waals surface area contributed by atoms with Gasteiger partial charge in [-0.25, -0.2) is 18.2 Å². The average molecular weight is 707 g/mol. The molecule has 5 aromatic rings. The molecule has 0 radical (unpaired) electrons. The number of nitrogens with zero attached hydrogens (tertiary/aromatic N) is 4. The number of carboxylic acid groups (broad SMARTS) is 1. The number of ether oxygens (including phenoxy) is 1. The summed E-state index contributed by atoms with van der Waals surface area (Å²) in [6.45, 7) is 9.22. The van der Waals surface area contributed by atoms with Gasteiger partial charge in [0.25, 0.3) is 0 Å². The Kier molecular flexibility index (Phi) is 8.43. The molecule has 12 heteroatoms. The molecule has 48 heavy (non-hydrogen) atoms. The van der Waals surface area contributed by atoms with E-state index in [0.29, 0.717) is 10.6 Å². The Balaban J connectivity index is 1.30. The molecule has 9 nitrogen and oxygen atoms in total. The smallest absolute Gasteiger partial charge is 0.337 e. The van der Waals surface area contributed by atoms with E-state index in [1.165, 1.54) is 11.3 Å². The van der Waals surface area contributed by atoms with E-state index in [9.17, 15) is 18.3 Å². The predicted octanol–water partition coefficient (Wildman–Crippen LogP) is 7.40. The number of rotatable bonds is 7. The Hall–Kier alpha value is -3.35. The lowest BCUT2D eigenvalue weighted by atomic mass is 9.90. The average Bonchev–Trinajstić information content (AvgIpc) is 3.58. The second-order valence-electron chi connectivity index (χ2n) is 14.1. The molecule has 1 N–H and O–H groups in total. The monoisotopic (exact) mass is 706 g/mol. The number of hydrogen-bond donors (Lipinski definition) is 1. The topological polar surface area (TPSA) is 115 Å². The second kappa shape index (κ2) is 12.2. The maximum Gasteiger partial charge on any atom is 0.337 e. The highest BCUT2D eigenvalue weighted by Crippen LogP contribution is 2.45. The molecule has 7 rings (SSSR count). The predicted molar refractivity (Wildman–Crippen MR) is 192 cm³/mol. The first-order valence-electron chi connectivity index (χ1n) is 16.2. The first kappa shape index (κ1) is 33.2. The van der Waals surface area contributed by atoms with Crippen molar-refractivity contribution in [3.05, 3.63) is 70.4 Å². The molecule has 0 amide bonds. The molecule has 0 unspecified atom stereocenters. The van der Waals surface area contributed by atoms with Crippen molar-refractivity contribution < 1.29 is 23.1 Å². The molecule has 2 fully saturated rings. The van der Waals surface area contributed by atoms with E-state index in [4.69, 9.17) is 26.4 Å². The van der Waals surface area contributed by atoms with E-state index in [-0.39, 0.29) is 23.5 Å². The molecular weight excluding hydrogens is 668 g/mol. The van der Waals surface area contributed by atoms with Crippen molar-refractivity contribution in [2.24, 2.45) is 7.05 Å². The molecule has 2 aliphatic rings. The van der Waals surface area contributed by atoms with Crippen molar-refractivity contribution in [1.82, 2.24) is 19.7 Å². The number of piperidine rings is 1. The summed E-state index contributed by atoms with van der Waals surface area (Å²) in [6.07, 6.45) is 0.684. The van der Waals surface area contributed by atoms with Gasteiger partial charge in [-0.15, -0.1) is 11.3 Å². The molecule has 2 saturated heterocycles. The number of carbonyl (C=O) groups is 1. The highest BCUT2D eigenvalue weighted by Gasteiger charge is 2.39. The minimum absolute atomic E-state index is 0.148. The molecule has 0 spiro atoms. The van der Waals surface area contributed by atoms with Crippen LogP contribution in [0.5, 0.6) is 0 Å². The van der Waals surface area contributed by atoms with Gasteiger partial charge in [0.05, 0.1) is 38.5 Å². The summed E-state index contributed by atoms with van der Waals surface area (Å²) in [5.74, 6) is -0.219. The number of likely N-dealkylation sites (tertiary alicyclic amines) is 1. The van der Waals surface area contributed by atoms with Gasteiger partial charge >= 0.3 is 5.97 Å². The highest BCUT2D eigenvalue weighted by atomic mass is 35.5. The molecule has 0 bridgehead atoms. The van der Waals surface area contributed by atoms with E-state index in [0.717, 1.165) is 80.0 Å². The summed E-state index contributed by atoms with van der Waals surface area (Å²) in [7, 11) is -0.882. The van der Waals surface area contributed by atoms with Crippen LogP contribution in [0.25, 0.3) is 42.8 Å². The third-order valence-electron chi connectivity index (χ3n) is 9.47.